The van der Waals surface area contributed by atoms with E-state index in [0.717, 1.165) is 14.8 Å². The Balaban J connectivity index is 2.56. The lowest BCUT2D eigenvalue weighted by Crippen LogP contribution is -2.06. The second-order valence-electron chi connectivity index (χ2n) is 3.84. The van der Waals surface area contributed by atoms with Gasteiger partial charge in [0.2, 0.25) is 0 Å². The minimum Gasteiger partial charge on any atom is -0.464 e. The molecule has 0 saturated carbocycles. The number of aromatic nitrogens is 3. The van der Waals surface area contributed by atoms with E-state index in [1.807, 2.05) is 26.0 Å². The van der Waals surface area contributed by atoms with Crippen LogP contribution in [0.4, 0.5) is 0 Å². The maximum absolute atomic E-state index is 11.6. The maximum Gasteiger partial charge on any atom is 0.359 e. The van der Waals surface area contributed by atoms with Crippen LogP contribution in [0.2, 0.25) is 0 Å². The van der Waals surface area contributed by atoms with Crippen molar-refractivity contribution in [1.29, 1.82) is 0 Å². The second kappa shape index (κ2) is 5.05. The zero-order valence-electron chi connectivity index (χ0n) is 10.3. The molecule has 0 unspecified atom stereocenters. The van der Waals surface area contributed by atoms with Crippen LogP contribution in [0.5, 0.6) is 0 Å². The van der Waals surface area contributed by atoms with Crippen molar-refractivity contribution >= 4 is 28.6 Å². The molecule has 0 saturated heterocycles. The van der Waals surface area contributed by atoms with E-state index in [-0.39, 0.29) is 0 Å². The summed E-state index contributed by atoms with van der Waals surface area (Å²) in [5.41, 5.74) is 2.28. The first-order valence-corrected chi connectivity index (χ1v) is 6.39. The van der Waals surface area contributed by atoms with Crippen LogP contribution < -0.4 is 0 Å². The maximum atomic E-state index is 11.6. The molecule has 2 heterocycles. The Kier molecular flexibility index (Phi) is 3.65. The van der Waals surface area contributed by atoms with Crippen molar-refractivity contribution < 1.29 is 9.53 Å². The molecule has 6 heteroatoms. The number of halogens is 1. The highest BCUT2D eigenvalue weighted by Crippen LogP contribution is 2.20. The van der Waals surface area contributed by atoms with Crippen LogP contribution in [0.1, 0.15) is 21.7 Å². The zero-order chi connectivity index (χ0) is 13.3. The van der Waals surface area contributed by atoms with Gasteiger partial charge in [-0.25, -0.2) is 14.5 Å². The van der Waals surface area contributed by atoms with Crippen LogP contribution in [0.3, 0.4) is 0 Å². The average molecular weight is 357 g/mol. The topological polar surface area (TPSA) is 57.0 Å². The first-order chi connectivity index (χ1) is 8.54. The lowest BCUT2D eigenvalue weighted by molar-refractivity contribution is 0.0592. The molecular weight excluding hydrogens is 345 g/mol. The van der Waals surface area contributed by atoms with Gasteiger partial charge in [0, 0.05) is 6.20 Å². The van der Waals surface area contributed by atoms with E-state index in [2.05, 4.69) is 32.7 Å². The average Bonchev–Trinajstić information content (AvgIpc) is 2.66. The number of hydrogen-bond acceptors (Lipinski definition) is 4. The summed E-state index contributed by atoms with van der Waals surface area (Å²) in [7, 11) is 1.34. The number of hydrogen-bond donors (Lipinski definition) is 0. The largest absolute Gasteiger partial charge is 0.464 e. The van der Waals surface area contributed by atoms with E-state index in [9.17, 15) is 4.79 Å². The Morgan fingerprint density at radius 1 is 1.44 bits per heavy atom. The number of pyridine rings is 1. The number of aryl methyl sites for hydroxylation is 1. The van der Waals surface area contributed by atoms with Gasteiger partial charge in [0.1, 0.15) is 0 Å². The smallest absolute Gasteiger partial charge is 0.359 e. The van der Waals surface area contributed by atoms with Crippen molar-refractivity contribution in [2.75, 3.05) is 7.11 Å². The van der Waals surface area contributed by atoms with E-state index in [0.29, 0.717) is 11.5 Å². The molecule has 2 aromatic heterocycles. The van der Waals surface area contributed by atoms with Crippen LogP contribution in [0.15, 0.2) is 18.3 Å². The Labute approximate surface area is 118 Å². The predicted molar refractivity (Wildman–Crippen MR) is 74.9 cm³/mol. The van der Waals surface area contributed by atoms with Gasteiger partial charge in [-0.3, -0.25) is 0 Å². The minimum atomic E-state index is -0.436. The third kappa shape index (κ3) is 2.24. The minimum absolute atomic E-state index is 0.318. The Morgan fingerprint density at radius 3 is 2.78 bits per heavy atom. The Hall–Kier alpha value is -1.44. The molecule has 0 bridgehead atoms. The van der Waals surface area contributed by atoms with Gasteiger partial charge in [0.15, 0.2) is 11.5 Å². The summed E-state index contributed by atoms with van der Waals surface area (Å²) in [6.07, 6.45) is 1.72. The van der Waals surface area contributed by atoms with Crippen LogP contribution in [-0.4, -0.2) is 27.8 Å². The van der Waals surface area contributed by atoms with Crippen LogP contribution in [0, 0.1) is 17.4 Å². The van der Waals surface area contributed by atoms with Crippen molar-refractivity contribution in [1.82, 2.24) is 14.8 Å². The van der Waals surface area contributed by atoms with E-state index in [1.54, 1.807) is 10.9 Å². The van der Waals surface area contributed by atoms with Gasteiger partial charge < -0.3 is 4.74 Å². The van der Waals surface area contributed by atoms with Gasteiger partial charge in [-0.05, 0) is 54.1 Å². The number of ether oxygens (including phenoxy) is 1. The number of carbonyl (C=O) groups is 1. The quantitative estimate of drug-likeness (QED) is 0.611. The van der Waals surface area contributed by atoms with E-state index in [4.69, 9.17) is 4.74 Å². The number of methoxy groups -OCH3 is 1. The molecule has 94 valence electrons. The van der Waals surface area contributed by atoms with E-state index < -0.39 is 5.97 Å². The molecule has 0 aromatic carbocycles. The summed E-state index contributed by atoms with van der Waals surface area (Å²) in [4.78, 5) is 15.8. The molecule has 0 aliphatic carbocycles. The van der Waals surface area contributed by atoms with E-state index in [1.165, 1.54) is 7.11 Å². The molecule has 0 atom stereocenters. The van der Waals surface area contributed by atoms with E-state index >= 15 is 0 Å². The van der Waals surface area contributed by atoms with Crippen LogP contribution in [0.25, 0.3) is 5.82 Å². The number of esters is 1. The van der Waals surface area contributed by atoms with Gasteiger partial charge >= 0.3 is 5.97 Å². The molecule has 0 amide bonds. The molecule has 0 N–H and O–H groups in total. The molecule has 0 fully saturated rings. The van der Waals surface area contributed by atoms with Crippen molar-refractivity contribution in [3.63, 3.8) is 0 Å². The summed E-state index contributed by atoms with van der Waals surface area (Å²) in [6, 6.07) is 3.83. The third-order valence-electron chi connectivity index (χ3n) is 2.54. The fourth-order valence-electron chi connectivity index (χ4n) is 1.57. The Bertz CT molecular complexity index is 607. The second-order valence-corrected chi connectivity index (χ2v) is 4.92. The van der Waals surface area contributed by atoms with Gasteiger partial charge in [0.05, 0.1) is 16.4 Å². The number of rotatable bonds is 2. The standard InChI is InChI=1S/C12H12IN3O2/c1-7-4-5-14-9(6-7)16-8(2)10(13)11(15-16)12(17)18-3/h4-6H,1-3H3. The lowest BCUT2D eigenvalue weighted by atomic mass is 10.3. The first-order valence-electron chi connectivity index (χ1n) is 5.31. The Morgan fingerprint density at radius 2 is 2.17 bits per heavy atom. The normalized spacial score (nSPS) is 10.4. The highest BCUT2D eigenvalue weighted by molar-refractivity contribution is 14.1. The van der Waals surface area contributed by atoms with Gasteiger partial charge in [-0.15, -0.1) is 0 Å². The summed E-state index contributed by atoms with van der Waals surface area (Å²) in [6.45, 7) is 3.88. The van der Waals surface area contributed by atoms with Gasteiger partial charge in [0.25, 0.3) is 0 Å². The summed E-state index contributed by atoms with van der Waals surface area (Å²) in [5, 5.41) is 4.26. The molecule has 18 heavy (non-hydrogen) atoms. The van der Waals surface area contributed by atoms with Gasteiger partial charge in [-0.2, -0.15) is 5.10 Å². The fraction of sp³-hybridized carbons (Fsp3) is 0.250. The van der Waals surface area contributed by atoms with Crippen molar-refractivity contribution in [2.24, 2.45) is 0 Å². The summed E-state index contributed by atoms with van der Waals surface area (Å²) < 4.78 is 7.14. The molecule has 2 rings (SSSR count). The third-order valence-corrected chi connectivity index (χ3v) is 3.83. The van der Waals surface area contributed by atoms with Crippen LogP contribution in [-0.2, 0) is 4.74 Å². The molecule has 0 aliphatic heterocycles. The van der Waals surface area contributed by atoms with Crippen molar-refractivity contribution in [3.05, 3.63) is 38.9 Å². The zero-order valence-corrected chi connectivity index (χ0v) is 12.4. The summed E-state index contributed by atoms with van der Waals surface area (Å²) >= 11 is 2.09. The fourth-order valence-corrected chi connectivity index (χ4v) is 2.13. The molecule has 0 aliphatic rings. The van der Waals surface area contributed by atoms with Crippen molar-refractivity contribution in [3.8, 4) is 5.82 Å². The monoisotopic (exact) mass is 357 g/mol. The molecular formula is C12H12IN3O2. The number of nitrogens with zero attached hydrogens (tertiary/aromatic N) is 3. The molecule has 5 nitrogen and oxygen atoms in total. The van der Waals surface area contributed by atoms with Gasteiger partial charge in [-0.1, -0.05) is 0 Å². The van der Waals surface area contributed by atoms with Crippen molar-refractivity contribution in [2.45, 2.75) is 13.8 Å². The van der Waals surface area contributed by atoms with Crippen LogP contribution >= 0.6 is 22.6 Å². The first kappa shape index (κ1) is 13.0. The number of carbonyl (C=O) groups excluding carboxylic acids is 1. The highest BCUT2D eigenvalue weighted by Gasteiger charge is 2.20. The molecule has 0 radical (unpaired) electrons. The molecule has 2 aromatic rings. The predicted octanol–water partition coefficient (Wildman–Crippen LogP) is 2.28. The highest BCUT2D eigenvalue weighted by atomic mass is 127. The molecule has 0 spiro atoms. The SMILES string of the molecule is COC(=O)c1nn(-c2cc(C)ccn2)c(C)c1I. The summed E-state index contributed by atoms with van der Waals surface area (Å²) in [5.74, 6) is 0.259. The lowest BCUT2D eigenvalue weighted by Gasteiger charge is -2.03.